The maximum atomic E-state index is 12.7. The largest absolute Gasteiger partial charge is 0.345 e. The molecule has 4 heteroatoms. The van der Waals surface area contributed by atoms with Crippen molar-refractivity contribution in [2.24, 2.45) is 11.3 Å². The summed E-state index contributed by atoms with van der Waals surface area (Å²) in [5.41, 5.74) is 1.30. The first kappa shape index (κ1) is 15.7. The molecular formula is C20H26N2O2. The van der Waals surface area contributed by atoms with E-state index < -0.39 is 0 Å². The van der Waals surface area contributed by atoms with Crippen LogP contribution in [0.3, 0.4) is 0 Å². The van der Waals surface area contributed by atoms with Gasteiger partial charge >= 0.3 is 0 Å². The molecule has 3 fully saturated rings. The van der Waals surface area contributed by atoms with Gasteiger partial charge in [-0.1, -0.05) is 30.3 Å². The van der Waals surface area contributed by atoms with Crippen molar-refractivity contribution in [2.75, 3.05) is 26.7 Å². The van der Waals surface area contributed by atoms with E-state index in [1.165, 1.54) is 0 Å². The van der Waals surface area contributed by atoms with Crippen molar-refractivity contribution in [2.45, 2.75) is 38.0 Å². The van der Waals surface area contributed by atoms with E-state index in [0.29, 0.717) is 11.8 Å². The predicted molar refractivity (Wildman–Crippen MR) is 92.4 cm³/mol. The molecule has 0 radical (unpaired) electrons. The summed E-state index contributed by atoms with van der Waals surface area (Å²) in [5, 5.41) is 0. The maximum Gasteiger partial charge on any atom is 0.229 e. The number of likely N-dealkylation sites (tertiary alicyclic amines) is 2. The van der Waals surface area contributed by atoms with Crippen molar-refractivity contribution in [3.8, 4) is 0 Å². The molecule has 0 aromatic heterocycles. The van der Waals surface area contributed by atoms with Crippen LogP contribution >= 0.6 is 0 Å². The van der Waals surface area contributed by atoms with Crippen molar-refractivity contribution >= 4 is 11.8 Å². The van der Waals surface area contributed by atoms with E-state index in [4.69, 9.17) is 0 Å². The van der Waals surface area contributed by atoms with Crippen LogP contribution in [0.4, 0.5) is 0 Å². The minimum atomic E-state index is -0.0318. The number of nitrogens with zero attached hydrogens (tertiary/aromatic N) is 2. The molecule has 2 heterocycles. The van der Waals surface area contributed by atoms with Crippen LogP contribution in [-0.2, 0) is 9.59 Å². The molecule has 128 valence electrons. The summed E-state index contributed by atoms with van der Waals surface area (Å²) < 4.78 is 0. The summed E-state index contributed by atoms with van der Waals surface area (Å²) in [5.74, 6) is 0.885. The highest BCUT2D eigenvalue weighted by Gasteiger charge is 2.46. The van der Waals surface area contributed by atoms with Gasteiger partial charge in [-0.05, 0) is 43.1 Å². The first-order chi connectivity index (χ1) is 11.6. The van der Waals surface area contributed by atoms with Crippen molar-refractivity contribution in [1.29, 1.82) is 0 Å². The van der Waals surface area contributed by atoms with Gasteiger partial charge in [-0.15, -0.1) is 0 Å². The molecule has 1 spiro atoms. The Kier molecular flexibility index (Phi) is 3.86. The van der Waals surface area contributed by atoms with Crippen molar-refractivity contribution in [3.63, 3.8) is 0 Å². The third-order valence-corrected chi connectivity index (χ3v) is 6.15. The van der Waals surface area contributed by atoms with E-state index in [-0.39, 0.29) is 17.2 Å². The Morgan fingerprint density at radius 2 is 1.79 bits per heavy atom. The van der Waals surface area contributed by atoms with Crippen LogP contribution in [-0.4, -0.2) is 48.3 Å². The number of hydrogen-bond donors (Lipinski definition) is 0. The summed E-state index contributed by atoms with van der Waals surface area (Å²) in [6.07, 6.45) is 5.12. The van der Waals surface area contributed by atoms with E-state index >= 15 is 0 Å². The number of piperidine rings is 2. The Balaban J connectivity index is 1.49. The van der Waals surface area contributed by atoms with Gasteiger partial charge in [0, 0.05) is 32.6 Å². The molecule has 3 aliphatic rings. The lowest BCUT2D eigenvalue weighted by atomic mass is 9.67. The molecule has 1 aliphatic carbocycles. The Morgan fingerprint density at radius 1 is 1.12 bits per heavy atom. The predicted octanol–water partition coefficient (Wildman–Crippen LogP) is 2.65. The van der Waals surface area contributed by atoms with Crippen LogP contribution in [0.5, 0.6) is 0 Å². The van der Waals surface area contributed by atoms with Crippen LogP contribution < -0.4 is 0 Å². The molecular weight excluding hydrogens is 300 g/mol. The molecule has 1 saturated carbocycles. The van der Waals surface area contributed by atoms with E-state index in [2.05, 4.69) is 17.0 Å². The quantitative estimate of drug-likeness (QED) is 0.838. The highest BCUT2D eigenvalue weighted by atomic mass is 16.2. The molecule has 1 atom stereocenters. The zero-order chi connectivity index (χ0) is 16.7. The third-order valence-electron chi connectivity index (χ3n) is 6.15. The molecule has 2 amide bonds. The Hall–Kier alpha value is -1.84. The average molecular weight is 326 g/mol. The van der Waals surface area contributed by atoms with Crippen LogP contribution in [0.2, 0.25) is 0 Å². The second-order valence-electron chi connectivity index (χ2n) is 7.96. The first-order valence-electron chi connectivity index (χ1n) is 9.17. The molecule has 2 saturated heterocycles. The molecule has 1 unspecified atom stereocenters. The molecule has 1 aromatic rings. The Bertz CT molecular complexity index is 630. The van der Waals surface area contributed by atoms with Gasteiger partial charge in [0.1, 0.15) is 0 Å². The lowest BCUT2D eigenvalue weighted by Crippen LogP contribution is -2.53. The fourth-order valence-corrected chi connectivity index (χ4v) is 4.53. The lowest BCUT2D eigenvalue weighted by Gasteiger charge is -2.49. The fourth-order valence-electron chi connectivity index (χ4n) is 4.53. The van der Waals surface area contributed by atoms with Crippen molar-refractivity contribution in [1.82, 2.24) is 9.80 Å². The van der Waals surface area contributed by atoms with Gasteiger partial charge in [0.05, 0.1) is 5.92 Å². The Labute approximate surface area is 143 Å². The summed E-state index contributed by atoms with van der Waals surface area (Å²) >= 11 is 0. The monoisotopic (exact) mass is 326 g/mol. The highest BCUT2D eigenvalue weighted by Crippen LogP contribution is 2.45. The van der Waals surface area contributed by atoms with Crippen LogP contribution in [0.1, 0.15) is 43.6 Å². The van der Waals surface area contributed by atoms with Crippen LogP contribution in [0.15, 0.2) is 30.3 Å². The topological polar surface area (TPSA) is 40.6 Å². The SMILES string of the molecule is CN1CC2(CCN(C(=O)C3CC3)CC2)CC(c2ccccc2)C1=O. The van der Waals surface area contributed by atoms with Gasteiger partial charge in [-0.2, -0.15) is 0 Å². The summed E-state index contributed by atoms with van der Waals surface area (Å²) in [6.45, 7) is 2.55. The van der Waals surface area contributed by atoms with Crippen LogP contribution in [0.25, 0.3) is 0 Å². The van der Waals surface area contributed by atoms with Gasteiger partial charge in [0.15, 0.2) is 0 Å². The minimum Gasteiger partial charge on any atom is -0.345 e. The molecule has 4 rings (SSSR count). The van der Waals surface area contributed by atoms with Crippen molar-refractivity contribution < 1.29 is 9.59 Å². The van der Waals surface area contributed by atoms with E-state index in [1.807, 2.05) is 30.1 Å². The van der Waals surface area contributed by atoms with Crippen molar-refractivity contribution in [3.05, 3.63) is 35.9 Å². The van der Waals surface area contributed by atoms with Gasteiger partial charge < -0.3 is 9.80 Å². The lowest BCUT2D eigenvalue weighted by molar-refractivity contribution is -0.143. The standard InChI is InChI=1S/C20H26N2O2/c1-21-14-20(9-11-22(12-10-20)18(23)16-7-8-16)13-17(19(21)24)15-5-3-2-4-6-15/h2-6,16-17H,7-14H2,1H3. The van der Waals surface area contributed by atoms with Gasteiger partial charge in [-0.25, -0.2) is 0 Å². The number of likely N-dealkylation sites (N-methyl/N-ethyl adjacent to an activating group) is 1. The molecule has 4 nitrogen and oxygen atoms in total. The molecule has 24 heavy (non-hydrogen) atoms. The zero-order valence-electron chi connectivity index (χ0n) is 14.4. The normalized spacial score (nSPS) is 26.7. The summed E-state index contributed by atoms with van der Waals surface area (Å²) in [4.78, 5) is 29.0. The number of hydrogen-bond acceptors (Lipinski definition) is 2. The maximum absolute atomic E-state index is 12.7. The van der Waals surface area contributed by atoms with Gasteiger partial charge in [0.2, 0.25) is 11.8 Å². The van der Waals surface area contributed by atoms with E-state index in [0.717, 1.165) is 57.3 Å². The van der Waals surface area contributed by atoms with E-state index in [1.54, 1.807) is 0 Å². The Morgan fingerprint density at radius 3 is 2.42 bits per heavy atom. The highest BCUT2D eigenvalue weighted by molar-refractivity contribution is 5.84. The van der Waals surface area contributed by atoms with Gasteiger partial charge in [-0.3, -0.25) is 9.59 Å². The average Bonchev–Trinajstić information content (AvgIpc) is 3.44. The van der Waals surface area contributed by atoms with E-state index in [9.17, 15) is 9.59 Å². The smallest absolute Gasteiger partial charge is 0.229 e. The zero-order valence-corrected chi connectivity index (χ0v) is 14.4. The van der Waals surface area contributed by atoms with Crippen LogP contribution in [0, 0.1) is 11.3 Å². The second-order valence-corrected chi connectivity index (χ2v) is 7.96. The number of benzene rings is 1. The minimum absolute atomic E-state index is 0.0318. The third kappa shape index (κ3) is 2.83. The van der Waals surface area contributed by atoms with Gasteiger partial charge in [0.25, 0.3) is 0 Å². The number of amides is 2. The molecule has 2 aliphatic heterocycles. The second kappa shape index (κ2) is 5.91. The number of carbonyl (C=O) groups excluding carboxylic acids is 2. The number of carbonyl (C=O) groups is 2. The summed E-state index contributed by atoms with van der Waals surface area (Å²) in [6, 6.07) is 10.2. The summed E-state index contributed by atoms with van der Waals surface area (Å²) in [7, 11) is 1.93. The fraction of sp³-hybridized carbons (Fsp3) is 0.600. The molecule has 0 N–H and O–H groups in total. The first-order valence-corrected chi connectivity index (χ1v) is 9.17. The molecule has 1 aromatic carbocycles. The number of rotatable bonds is 2. The molecule has 0 bridgehead atoms.